The number of hydrogen-bond donors (Lipinski definition) is 0. The second kappa shape index (κ2) is 10.9. The molecular formula is C20H17BrF9N3O4. The van der Waals surface area contributed by atoms with Gasteiger partial charge in [-0.3, -0.25) is 14.3 Å². The minimum absolute atomic E-state index is 0.0830. The number of hydrogen-bond acceptors (Lipinski definition) is 6. The third-order valence-corrected chi connectivity index (χ3v) is 5.54. The number of alkyl halides is 9. The molecule has 0 radical (unpaired) electrons. The lowest BCUT2D eigenvalue weighted by Crippen LogP contribution is -2.44. The Morgan fingerprint density at radius 2 is 1.62 bits per heavy atom. The van der Waals surface area contributed by atoms with Gasteiger partial charge in [0.05, 0.1) is 27.9 Å². The van der Waals surface area contributed by atoms with Crippen molar-refractivity contribution in [1.82, 2.24) is 9.55 Å². The third-order valence-electron chi connectivity index (χ3n) is 4.70. The van der Waals surface area contributed by atoms with E-state index in [0.717, 1.165) is 7.11 Å². The van der Waals surface area contributed by atoms with Crippen LogP contribution in [0.1, 0.15) is 30.7 Å². The van der Waals surface area contributed by atoms with Crippen molar-refractivity contribution >= 4 is 33.5 Å². The molecule has 1 aromatic carbocycles. The maximum absolute atomic E-state index is 13.7. The third kappa shape index (κ3) is 6.55. The first kappa shape index (κ1) is 30.4. The first-order valence-corrected chi connectivity index (χ1v) is 10.8. The molecule has 0 saturated heterocycles. The van der Waals surface area contributed by atoms with Crippen LogP contribution in [0, 0.1) is 0 Å². The molecule has 17 heteroatoms. The van der Waals surface area contributed by atoms with E-state index < -0.39 is 75.8 Å². The molecule has 2 rings (SSSR count). The summed E-state index contributed by atoms with van der Waals surface area (Å²) in [6, 6.07) is -0.0128. The molecule has 0 N–H and O–H groups in total. The molecular weight excluding hydrogens is 597 g/mol. The average Bonchev–Trinajstić information content (AvgIpc) is 2.75. The molecule has 0 bridgehead atoms. The minimum atomic E-state index is -5.39. The number of halogens is 10. The monoisotopic (exact) mass is 613 g/mol. The number of esters is 1. The average molecular weight is 614 g/mol. The molecule has 0 spiro atoms. The van der Waals surface area contributed by atoms with E-state index >= 15 is 0 Å². The van der Waals surface area contributed by atoms with E-state index in [4.69, 9.17) is 9.47 Å². The van der Waals surface area contributed by atoms with E-state index in [0.29, 0.717) is 4.57 Å². The van der Waals surface area contributed by atoms with Gasteiger partial charge in [-0.05, 0) is 41.9 Å². The second-order valence-electron chi connectivity index (χ2n) is 7.08. The Kier molecular flexibility index (Phi) is 8.95. The Labute approximate surface area is 210 Å². The van der Waals surface area contributed by atoms with Gasteiger partial charge in [-0.1, -0.05) is 0 Å². The van der Waals surface area contributed by atoms with Crippen molar-refractivity contribution in [2.24, 2.45) is 0 Å². The number of methoxy groups -OCH3 is 1. The zero-order valence-corrected chi connectivity index (χ0v) is 20.6. The fraction of sp³-hybridized carbons (Fsp3) is 0.450. The highest BCUT2D eigenvalue weighted by Gasteiger charge is 2.43. The normalized spacial score (nSPS) is 13.4. The molecule has 1 aromatic heterocycles. The predicted molar refractivity (Wildman–Crippen MR) is 113 cm³/mol. The molecule has 0 fully saturated rings. The van der Waals surface area contributed by atoms with Gasteiger partial charge in [0.2, 0.25) is 12.2 Å². The van der Waals surface area contributed by atoms with Crippen molar-refractivity contribution in [3.05, 3.63) is 49.8 Å². The Bertz CT molecular complexity index is 1210. The first-order chi connectivity index (χ1) is 16.9. The highest BCUT2D eigenvalue weighted by atomic mass is 79.9. The summed E-state index contributed by atoms with van der Waals surface area (Å²) in [5.41, 5.74) is -8.05. The molecule has 206 valence electrons. The minimum Gasteiger partial charge on any atom is -0.463 e. The molecule has 0 aliphatic rings. The van der Waals surface area contributed by atoms with Crippen molar-refractivity contribution < 1.29 is 53.8 Å². The summed E-state index contributed by atoms with van der Waals surface area (Å²) >= 11 is 2.55. The van der Waals surface area contributed by atoms with Gasteiger partial charge in [0, 0.05) is 19.7 Å². The Hall–Kier alpha value is -2.82. The van der Waals surface area contributed by atoms with Crippen LogP contribution in [0.4, 0.5) is 51.1 Å². The van der Waals surface area contributed by atoms with Gasteiger partial charge >= 0.3 is 24.5 Å². The summed E-state index contributed by atoms with van der Waals surface area (Å²) in [5, 5.41) is 0. The van der Waals surface area contributed by atoms with Crippen LogP contribution in [0.5, 0.6) is 0 Å². The van der Waals surface area contributed by atoms with Crippen molar-refractivity contribution in [3.63, 3.8) is 0 Å². The summed E-state index contributed by atoms with van der Waals surface area (Å²) in [4.78, 5) is 28.6. The van der Waals surface area contributed by atoms with Gasteiger partial charge < -0.3 is 9.47 Å². The van der Waals surface area contributed by atoms with Crippen molar-refractivity contribution in [2.75, 3.05) is 18.6 Å². The van der Waals surface area contributed by atoms with Crippen LogP contribution in [0.3, 0.4) is 0 Å². The molecule has 2 aromatic rings. The predicted octanol–water partition coefficient (Wildman–Crippen LogP) is 5.76. The van der Waals surface area contributed by atoms with E-state index in [1.54, 1.807) is 0 Å². The van der Waals surface area contributed by atoms with E-state index in [9.17, 15) is 49.1 Å². The standard InChI is InChI=1S/C20H17BrF9N3O4/c1-4-32-13(34)8-12(20(28,29)30)31-17(32)33(15(36-3)16(35)37-5-2)11-7-9(18(22,23)24)6-10(14(11)21)19(25,26)27/h6-8,15H,4-5H2,1-3H3. The molecule has 0 aliphatic heterocycles. The number of rotatable bonds is 7. The number of carbonyl (C=O) groups excluding carboxylic acids is 1. The maximum atomic E-state index is 13.7. The van der Waals surface area contributed by atoms with E-state index in [2.05, 4.69) is 20.9 Å². The maximum Gasteiger partial charge on any atom is 0.433 e. The van der Waals surface area contributed by atoms with Crippen LogP contribution < -0.4 is 10.5 Å². The quantitative estimate of drug-likeness (QED) is 0.225. The molecule has 1 heterocycles. The van der Waals surface area contributed by atoms with Gasteiger partial charge in [0.1, 0.15) is 0 Å². The first-order valence-electron chi connectivity index (χ1n) is 10.0. The number of anilines is 2. The summed E-state index contributed by atoms with van der Waals surface area (Å²) in [5.74, 6) is -2.53. The molecule has 0 amide bonds. The van der Waals surface area contributed by atoms with Crippen LogP contribution in [0.25, 0.3) is 0 Å². The fourth-order valence-electron chi connectivity index (χ4n) is 3.13. The molecule has 0 aliphatic carbocycles. The Balaban J connectivity index is 3.14. The topological polar surface area (TPSA) is 73.7 Å². The summed E-state index contributed by atoms with van der Waals surface area (Å²) in [7, 11) is 0.794. The smallest absolute Gasteiger partial charge is 0.433 e. The second-order valence-corrected chi connectivity index (χ2v) is 7.88. The highest BCUT2D eigenvalue weighted by molar-refractivity contribution is 9.10. The summed E-state index contributed by atoms with van der Waals surface area (Å²) < 4.78 is 131. The SMILES string of the molecule is CCOC(=O)C(OC)N(c1cc(C(F)(F)F)cc(C(F)(F)F)c1Br)c1nc(C(F)(F)F)cc(=O)n1CC. The summed E-state index contributed by atoms with van der Waals surface area (Å²) in [6.07, 6.45) is -18.3. The molecule has 0 saturated carbocycles. The van der Waals surface area contributed by atoms with Gasteiger partial charge in [-0.15, -0.1) is 0 Å². The van der Waals surface area contributed by atoms with Crippen LogP contribution >= 0.6 is 15.9 Å². The van der Waals surface area contributed by atoms with Crippen molar-refractivity contribution in [1.29, 1.82) is 0 Å². The fourth-order valence-corrected chi connectivity index (χ4v) is 3.78. The number of ether oxygens (including phenoxy) is 2. The lowest BCUT2D eigenvalue weighted by atomic mass is 10.1. The van der Waals surface area contributed by atoms with Crippen LogP contribution in [0.15, 0.2) is 27.5 Å². The van der Waals surface area contributed by atoms with Crippen molar-refractivity contribution in [2.45, 2.75) is 45.1 Å². The van der Waals surface area contributed by atoms with Gasteiger partial charge in [0.15, 0.2) is 5.69 Å². The largest absolute Gasteiger partial charge is 0.463 e. The van der Waals surface area contributed by atoms with Gasteiger partial charge in [0.25, 0.3) is 5.56 Å². The van der Waals surface area contributed by atoms with E-state index in [-0.39, 0.29) is 29.7 Å². The molecule has 7 nitrogen and oxygen atoms in total. The van der Waals surface area contributed by atoms with Crippen LogP contribution in [0.2, 0.25) is 0 Å². The number of nitrogens with zero attached hydrogens (tertiary/aromatic N) is 3. The number of aromatic nitrogens is 2. The lowest BCUT2D eigenvalue weighted by Gasteiger charge is -2.33. The van der Waals surface area contributed by atoms with Crippen molar-refractivity contribution in [3.8, 4) is 0 Å². The highest BCUT2D eigenvalue weighted by Crippen LogP contribution is 2.46. The number of benzene rings is 1. The van der Waals surface area contributed by atoms with Crippen LogP contribution in [-0.4, -0.2) is 35.5 Å². The Morgan fingerprint density at radius 3 is 2.05 bits per heavy atom. The molecule has 1 unspecified atom stereocenters. The number of carbonyl (C=O) groups is 1. The zero-order chi connectivity index (χ0) is 28.5. The Morgan fingerprint density at radius 1 is 1.03 bits per heavy atom. The van der Waals surface area contributed by atoms with Gasteiger partial charge in [-0.2, -0.15) is 39.5 Å². The van der Waals surface area contributed by atoms with E-state index in [1.807, 2.05) is 0 Å². The van der Waals surface area contributed by atoms with Gasteiger partial charge in [-0.25, -0.2) is 9.78 Å². The summed E-state index contributed by atoms with van der Waals surface area (Å²) in [6.45, 7) is 1.76. The van der Waals surface area contributed by atoms with E-state index in [1.165, 1.54) is 13.8 Å². The lowest BCUT2D eigenvalue weighted by molar-refractivity contribution is -0.154. The zero-order valence-electron chi connectivity index (χ0n) is 19.0. The molecule has 37 heavy (non-hydrogen) atoms. The molecule has 1 atom stereocenters. The van der Waals surface area contributed by atoms with Crippen LogP contribution in [-0.2, 0) is 39.3 Å².